The number of nitrogens with one attached hydrogen (secondary N) is 1. The maximum absolute atomic E-state index is 12.3. The standard InChI is InChI=1S/C20H25NO3/c1-13-6-8-17(9-7-13)21-19(22)20(5,23)12-24-18-10-14(2)16(4)15(3)11-18/h6-11,23H,12H2,1-5H3,(H,21,22)/t20-/m0/s1. The van der Waals surface area contributed by atoms with Gasteiger partial charge in [0.2, 0.25) is 0 Å². The lowest BCUT2D eigenvalue weighted by molar-refractivity contribution is -0.135. The van der Waals surface area contributed by atoms with Gasteiger partial charge >= 0.3 is 0 Å². The molecule has 0 unspecified atom stereocenters. The van der Waals surface area contributed by atoms with Gasteiger partial charge in [-0.25, -0.2) is 0 Å². The highest BCUT2D eigenvalue weighted by molar-refractivity contribution is 5.96. The Bertz CT molecular complexity index is 710. The minimum absolute atomic E-state index is 0.118. The van der Waals surface area contributed by atoms with Gasteiger partial charge in [0.15, 0.2) is 5.60 Å². The zero-order chi connectivity index (χ0) is 17.9. The van der Waals surface area contributed by atoms with Crippen LogP contribution in [0.15, 0.2) is 36.4 Å². The fraction of sp³-hybridized carbons (Fsp3) is 0.350. The number of carbonyl (C=O) groups excluding carboxylic acids is 1. The highest BCUT2D eigenvalue weighted by Gasteiger charge is 2.31. The molecule has 4 heteroatoms. The average molecular weight is 327 g/mol. The number of amides is 1. The summed E-state index contributed by atoms with van der Waals surface area (Å²) in [5.74, 6) is 0.158. The van der Waals surface area contributed by atoms with Crippen molar-refractivity contribution in [2.75, 3.05) is 11.9 Å². The molecule has 0 spiro atoms. The summed E-state index contributed by atoms with van der Waals surface area (Å²) in [6.07, 6.45) is 0. The van der Waals surface area contributed by atoms with Gasteiger partial charge in [0.25, 0.3) is 5.91 Å². The normalized spacial score (nSPS) is 13.2. The van der Waals surface area contributed by atoms with Crippen LogP contribution in [-0.4, -0.2) is 23.2 Å². The Hall–Kier alpha value is -2.33. The first kappa shape index (κ1) is 18.0. The molecular weight excluding hydrogens is 302 g/mol. The van der Waals surface area contributed by atoms with Crippen molar-refractivity contribution in [2.24, 2.45) is 0 Å². The van der Waals surface area contributed by atoms with Gasteiger partial charge in [-0.1, -0.05) is 17.7 Å². The minimum Gasteiger partial charge on any atom is -0.490 e. The summed E-state index contributed by atoms with van der Waals surface area (Å²) >= 11 is 0. The molecule has 1 atom stereocenters. The molecule has 0 aliphatic carbocycles. The van der Waals surface area contributed by atoms with E-state index in [1.165, 1.54) is 12.5 Å². The lowest BCUT2D eigenvalue weighted by Gasteiger charge is -2.23. The molecule has 0 radical (unpaired) electrons. The van der Waals surface area contributed by atoms with Crippen LogP contribution in [0.4, 0.5) is 5.69 Å². The van der Waals surface area contributed by atoms with E-state index in [9.17, 15) is 9.90 Å². The average Bonchev–Trinajstić information content (AvgIpc) is 2.52. The molecule has 0 aromatic heterocycles. The molecule has 0 heterocycles. The second-order valence-corrected chi connectivity index (χ2v) is 6.56. The van der Waals surface area contributed by atoms with Gasteiger partial charge in [-0.3, -0.25) is 4.79 Å². The molecule has 0 aliphatic rings. The third kappa shape index (κ3) is 4.36. The summed E-state index contributed by atoms with van der Waals surface area (Å²) in [5, 5.41) is 13.1. The Morgan fingerprint density at radius 3 is 2.17 bits per heavy atom. The number of ether oxygens (including phenoxy) is 1. The number of anilines is 1. The number of aliphatic hydroxyl groups is 1. The fourth-order valence-corrected chi connectivity index (χ4v) is 2.27. The van der Waals surface area contributed by atoms with Gasteiger partial charge in [0.1, 0.15) is 12.4 Å². The fourth-order valence-electron chi connectivity index (χ4n) is 2.27. The molecule has 4 nitrogen and oxygen atoms in total. The van der Waals surface area contributed by atoms with Gasteiger partial charge in [-0.2, -0.15) is 0 Å². The van der Waals surface area contributed by atoms with Crippen LogP contribution >= 0.6 is 0 Å². The van der Waals surface area contributed by atoms with Crippen molar-refractivity contribution in [3.05, 3.63) is 58.7 Å². The van der Waals surface area contributed by atoms with Crippen LogP contribution in [0.1, 0.15) is 29.2 Å². The summed E-state index contributed by atoms with van der Waals surface area (Å²) < 4.78 is 5.65. The van der Waals surface area contributed by atoms with Crippen LogP contribution in [0.2, 0.25) is 0 Å². The van der Waals surface area contributed by atoms with Gasteiger partial charge in [-0.15, -0.1) is 0 Å². The lowest BCUT2D eigenvalue weighted by Crippen LogP contribution is -2.45. The highest BCUT2D eigenvalue weighted by atomic mass is 16.5. The van der Waals surface area contributed by atoms with Crippen molar-refractivity contribution >= 4 is 11.6 Å². The van der Waals surface area contributed by atoms with E-state index in [-0.39, 0.29) is 6.61 Å². The van der Waals surface area contributed by atoms with Crippen molar-refractivity contribution in [3.8, 4) is 5.75 Å². The Kier molecular flexibility index (Phi) is 5.30. The number of aryl methyl sites for hydroxylation is 3. The maximum Gasteiger partial charge on any atom is 0.259 e. The van der Waals surface area contributed by atoms with Gasteiger partial charge in [0, 0.05) is 5.69 Å². The Labute approximate surface area is 143 Å². The Balaban J connectivity index is 2.02. The molecule has 2 aromatic carbocycles. The predicted octanol–water partition coefficient (Wildman–Crippen LogP) is 3.69. The highest BCUT2D eigenvalue weighted by Crippen LogP contribution is 2.22. The van der Waals surface area contributed by atoms with E-state index in [0.717, 1.165) is 16.7 Å². The SMILES string of the molecule is Cc1ccc(NC(=O)[C@@](C)(O)COc2cc(C)c(C)c(C)c2)cc1. The molecule has 0 saturated heterocycles. The second-order valence-electron chi connectivity index (χ2n) is 6.56. The van der Waals surface area contributed by atoms with E-state index in [0.29, 0.717) is 11.4 Å². The lowest BCUT2D eigenvalue weighted by atomic mass is 10.0. The molecule has 0 aliphatic heterocycles. The van der Waals surface area contributed by atoms with Crippen LogP contribution in [0, 0.1) is 27.7 Å². The summed E-state index contributed by atoms with van der Waals surface area (Å²) in [6, 6.07) is 11.2. The molecule has 128 valence electrons. The topological polar surface area (TPSA) is 58.6 Å². The smallest absolute Gasteiger partial charge is 0.259 e. The van der Waals surface area contributed by atoms with Gasteiger partial charge in [0.05, 0.1) is 0 Å². The summed E-state index contributed by atoms with van der Waals surface area (Å²) in [5.41, 5.74) is 3.58. The van der Waals surface area contributed by atoms with E-state index in [1.807, 2.05) is 45.0 Å². The van der Waals surface area contributed by atoms with E-state index in [1.54, 1.807) is 12.1 Å². The number of benzene rings is 2. The first-order valence-corrected chi connectivity index (χ1v) is 8.00. The van der Waals surface area contributed by atoms with Crippen LogP contribution in [0.5, 0.6) is 5.75 Å². The Morgan fingerprint density at radius 2 is 1.62 bits per heavy atom. The predicted molar refractivity (Wildman–Crippen MR) is 96.6 cm³/mol. The molecule has 2 rings (SSSR count). The molecule has 0 fully saturated rings. The largest absolute Gasteiger partial charge is 0.490 e. The van der Waals surface area contributed by atoms with Crippen LogP contribution in [-0.2, 0) is 4.79 Å². The maximum atomic E-state index is 12.3. The summed E-state index contributed by atoms with van der Waals surface area (Å²) in [7, 11) is 0. The van der Waals surface area contributed by atoms with Crippen molar-refractivity contribution < 1.29 is 14.6 Å². The quantitative estimate of drug-likeness (QED) is 0.880. The van der Waals surface area contributed by atoms with Gasteiger partial charge < -0.3 is 15.2 Å². The second kappa shape index (κ2) is 7.05. The van der Waals surface area contributed by atoms with Crippen molar-refractivity contribution in [1.82, 2.24) is 0 Å². The van der Waals surface area contributed by atoms with E-state index in [2.05, 4.69) is 12.2 Å². The monoisotopic (exact) mass is 327 g/mol. The summed E-state index contributed by atoms with van der Waals surface area (Å²) in [4.78, 5) is 12.3. The van der Waals surface area contributed by atoms with E-state index < -0.39 is 11.5 Å². The molecule has 0 saturated carbocycles. The van der Waals surface area contributed by atoms with E-state index in [4.69, 9.17) is 4.74 Å². The van der Waals surface area contributed by atoms with Crippen molar-refractivity contribution in [1.29, 1.82) is 0 Å². The van der Waals surface area contributed by atoms with Crippen LogP contribution in [0.3, 0.4) is 0 Å². The van der Waals surface area contributed by atoms with E-state index >= 15 is 0 Å². The van der Waals surface area contributed by atoms with Crippen molar-refractivity contribution in [3.63, 3.8) is 0 Å². The molecular formula is C20H25NO3. The molecule has 2 N–H and O–H groups in total. The first-order valence-electron chi connectivity index (χ1n) is 8.00. The van der Waals surface area contributed by atoms with Crippen molar-refractivity contribution in [2.45, 2.75) is 40.2 Å². The minimum atomic E-state index is -1.63. The first-order chi connectivity index (χ1) is 11.2. The molecule has 2 aromatic rings. The molecule has 24 heavy (non-hydrogen) atoms. The third-order valence-corrected chi connectivity index (χ3v) is 4.22. The summed E-state index contributed by atoms with van der Waals surface area (Å²) in [6.45, 7) is 9.38. The number of hydrogen-bond donors (Lipinski definition) is 2. The third-order valence-electron chi connectivity index (χ3n) is 4.22. The number of carbonyl (C=O) groups is 1. The van der Waals surface area contributed by atoms with Gasteiger partial charge in [-0.05, 0) is 75.6 Å². The Morgan fingerprint density at radius 1 is 1.08 bits per heavy atom. The number of rotatable bonds is 5. The number of hydrogen-bond acceptors (Lipinski definition) is 3. The van der Waals surface area contributed by atoms with Crippen LogP contribution < -0.4 is 10.1 Å². The zero-order valence-corrected chi connectivity index (χ0v) is 14.9. The van der Waals surface area contributed by atoms with Crippen LogP contribution in [0.25, 0.3) is 0 Å². The molecule has 0 bridgehead atoms. The zero-order valence-electron chi connectivity index (χ0n) is 14.9. The molecule has 1 amide bonds.